The van der Waals surface area contributed by atoms with E-state index in [1.807, 2.05) is 55.4 Å². The first-order valence-corrected chi connectivity index (χ1v) is 30.0. The van der Waals surface area contributed by atoms with Gasteiger partial charge in [0.2, 0.25) is 21.9 Å². The molecule has 0 bridgehead atoms. The van der Waals surface area contributed by atoms with Crippen molar-refractivity contribution in [2.45, 2.75) is 201 Å². The zero-order valence-electron chi connectivity index (χ0n) is 55.2. The summed E-state index contributed by atoms with van der Waals surface area (Å²) in [4.78, 5) is 89.2. The molecule has 25 heteroatoms. The lowest BCUT2D eigenvalue weighted by Gasteiger charge is -2.13. The van der Waals surface area contributed by atoms with E-state index in [4.69, 9.17) is 20.3 Å². The van der Waals surface area contributed by atoms with E-state index in [1.54, 1.807) is 41.5 Å². The number of esters is 2. The molecule has 20 nitrogen and oxygen atoms in total. The van der Waals surface area contributed by atoms with Gasteiger partial charge in [-0.3, -0.25) is 24.6 Å². The first-order chi connectivity index (χ1) is 39.3. The van der Waals surface area contributed by atoms with Gasteiger partial charge in [-0.15, -0.1) is 5.06 Å². The number of methoxy groups -OCH3 is 1. The molecule has 2 atom stereocenters. The Bertz CT molecular complexity index is 2460. The number of carbonyl (C=O) groups excluding carboxylic acids is 7. The number of hydroxylamine groups is 2. The summed E-state index contributed by atoms with van der Waals surface area (Å²) in [5, 5.41) is 15.2. The molecule has 1 aromatic rings. The third kappa shape index (κ3) is 49.5. The molecule has 3 fully saturated rings. The first-order valence-electron chi connectivity index (χ1n) is 28.0. The van der Waals surface area contributed by atoms with Crippen molar-refractivity contribution in [3.63, 3.8) is 0 Å². The number of benzene rings is 1. The lowest BCUT2D eigenvalue weighted by Crippen LogP contribution is -2.33. The first kappa shape index (κ1) is 90.5. The lowest BCUT2D eigenvalue weighted by molar-refractivity contribution is -0.199. The van der Waals surface area contributed by atoms with Crippen LogP contribution in [-0.4, -0.2) is 116 Å². The van der Waals surface area contributed by atoms with E-state index in [0.29, 0.717) is 53.2 Å². The van der Waals surface area contributed by atoms with Gasteiger partial charge in [0, 0.05) is 43.4 Å². The van der Waals surface area contributed by atoms with Crippen molar-refractivity contribution < 1.29 is 83.3 Å². The highest BCUT2D eigenvalue weighted by molar-refractivity contribution is 7.91. The minimum absolute atomic E-state index is 0.0486. The van der Waals surface area contributed by atoms with Crippen LogP contribution in [0.25, 0.3) is 4.98 Å². The van der Waals surface area contributed by atoms with E-state index in [0.717, 1.165) is 32.2 Å². The Labute approximate surface area is 510 Å². The number of amides is 3. The van der Waals surface area contributed by atoms with E-state index in [1.165, 1.54) is 33.6 Å². The summed E-state index contributed by atoms with van der Waals surface area (Å²) in [7, 11) is -1.21. The number of aldehydes is 1. The van der Waals surface area contributed by atoms with Gasteiger partial charge in [0.05, 0.1) is 54.9 Å². The molecule has 3 aliphatic rings. The molecule has 2 unspecified atom stereocenters. The number of carbonyl (C=O) groups is 7. The molecule has 3 aliphatic heterocycles. The summed E-state index contributed by atoms with van der Waals surface area (Å²) in [5.74, 6) is -4.30. The van der Waals surface area contributed by atoms with Gasteiger partial charge in [0.25, 0.3) is 11.8 Å². The summed E-state index contributed by atoms with van der Waals surface area (Å²) < 4.78 is 92.0. The molecule has 0 aromatic heterocycles. The summed E-state index contributed by atoms with van der Waals surface area (Å²) in [6.45, 7) is 49.2. The Morgan fingerprint density at radius 2 is 1.19 bits per heavy atom. The van der Waals surface area contributed by atoms with Crippen LogP contribution in [0.1, 0.15) is 176 Å². The third-order valence-electron chi connectivity index (χ3n) is 9.97. The quantitative estimate of drug-likeness (QED) is 0.0155. The summed E-state index contributed by atoms with van der Waals surface area (Å²) in [6, 6.07) is 0.699. The minimum atomic E-state index is -2.74. The van der Waals surface area contributed by atoms with Gasteiger partial charge in [-0.1, -0.05) is 89.7 Å². The van der Waals surface area contributed by atoms with E-state index < -0.39 is 80.0 Å². The molecule has 0 aliphatic carbocycles. The van der Waals surface area contributed by atoms with Crippen molar-refractivity contribution >= 4 is 69.4 Å². The SMILES string of the molecule is C=C1CC(C(C)C)C(=O)O1.C=C=NC(C)C.C=C=NC(C)C.CC(C)C(=O)ON1C(=O)CCC1=O.CC(C)C(=O)[N+]#N.CC(C)C=O.CC(C)CC1CO1.CC(C)S(C)(=O)=O.COC(=N)CC(C)C.Cc1c(F)c(F)c(F)c(OC(=O)C(C)C)c1F. The Morgan fingerprint density at radius 3 is 1.38 bits per heavy atom. The minimum Gasteiger partial charge on any atom is -0.484 e. The van der Waals surface area contributed by atoms with E-state index in [2.05, 4.69) is 88.4 Å². The maximum absolute atomic E-state index is 13.4. The van der Waals surface area contributed by atoms with Crippen molar-refractivity contribution in [2.24, 2.45) is 57.3 Å². The average molecular weight is 1250 g/mol. The fourth-order valence-electron chi connectivity index (χ4n) is 4.65. The molecular formula is C61H101F4N6O14S+. The standard InChI is InChI=1S/C11H10F4O2.C8H11NO4.C8H12O2.C6H13NO.C6H12O.2C5H9N.C4H7N2O.C4H10O2S.C4H8O/c1-4(2)11(16)17-10-7(13)5(3)6(12)8(14)9(10)15;1-5(2)8(12)13-9-6(10)3-4-7(9)11;1-5(2)7-4-6(3)10-8(7)9;1-5(2)4-6(7)8-3;1-5(2)3-6-4-7-6;2*1-4-6-5(2)3;1-3(2)4(7)6-5;1-4(2)7(3,5)6;1-4(2)3-5/h4H,1-3H3;5H,3-4H2,1-2H3;5,7H,3-4H2,1-2H3;5,7H,4H2,1-3H3;5-6H,3-4H2,1-2H3;2*5H,1H2,2-3H3;3H,1-2H3;4H,1-3H3;3-4H,1-2H3/q;;;;;;;+1;;. The normalized spacial score (nSPS) is 14.2. The van der Waals surface area contributed by atoms with Crippen LogP contribution in [0.4, 0.5) is 17.6 Å². The maximum Gasteiger partial charge on any atom is 0.562 e. The Kier molecular flexibility index (Phi) is 52.0. The number of hydrogen-bond acceptors (Lipinski definition) is 18. The predicted molar refractivity (Wildman–Crippen MR) is 327 cm³/mol. The van der Waals surface area contributed by atoms with Crippen molar-refractivity contribution in [1.29, 1.82) is 10.8 Å². The molecule has 0 spiro atoms. The van der Waals surface area contributed by atoms with Gasteiger partial charge in [0.1, 0.15) is 27.8 Å². The number of allylic oxidation sites excluding steroid dienone is 1. The number of cyclic esters (lactones) is 1. The van der Waals surface area contributed by atoms with Crippen LogP contribution < -0.4 is 4.74 Å². The molecule has 4 rings (SSSR count). The number of hydrogen-bond donors (Lipinski definition) is 1. The van der Waals surface area contributed by atoms with Crippen LogP contribution >= 0.6 is 0 Å². The van der Waals surface area contributed by atoms with E-state index >= 15 is 0 Å². The predicted octanol–water partition coefficient (Wildman–Crippen LogP) is 13.0. The number of ether oxygens (including phenoxy) is 4. The molecule has 3 amide bonds. The van der Waals surface area contributed by atoms with Crippen LogP contribution in [0, 0.1) is 88.3 Å². The van der Waals surface area contributed by atoms with Gasteiger partial charge >= 0.3 is 23.8 Å². The topological polar surface area (TPSA) is 283 Å². The highest BCUT2D eigenvalue weighted by Crippen LogP contribution is 2.31. The Hall–Kier alpha value is -6.73. The highest BCUT2D eigenvalue weighted by atomic mass is 32.2. The smallest absolute Gasteiger partial charge is 0.484 e. The number of nitrogens with zero attached hydrogens (tertiary/aromatic N) is 5. The zero-order valence-corrected chi connectivity index (χ0v) is 56.1. The van der Waals surface area contributed by atoms with Crippen LogP contribution in [0.15, 0.2) is 35.5 Å². The summed E-state index contributed by atoms with van der Waals surface area (Å²) in [6.07, 6.45) is 5.74. The van der Waals surface area contributed by atoms with E-state index in [9.17, 15) is 59.5 Å². The number of imide groups is 1. The van der Waals surface area contributed by atoms with E-state index in [-0.39, 0.29) is 47.7 Å². The monoisotopic (exact) mass is 1250 g/mol. The fraction of sp³-hybridized carbons (Fsp3) is 0.672. The molecule has 3 saturated heterocycles. The second-order valence-corrected chi connectivity index (χ2v) is 25.0. The molecule has 1 N–H and O–H groups in total. The van der Waals surface area contributed by atoms with Crippen molar-refractivity contribution in [2.75, 3.05) is 20.0 Å². The van der Waals surface area contributed by atoms with Gasteiger partial charge in [-0.25, -0.2) is 36.4 Å². The molecule has 492 valence electrons. The largest absolute Gasteiger partial charge is 0.562 e. The number of rotatable bonds is 14. The number of halogens is 4. The molecule has 0 saturated carbocycles. The number of nitrogens with one attached hydrogen (secondary N) is 1. The molecule has 1 aromatic carbocycles. The average Bonchev–Trinajstić information content (AvgIpc) is 2.25. The van der Waals surface area contributed by atoms with Crippen LogP contribution in [0.5, 0.6) is 5.75 Å². The Balaban J connectivity index is -0.000000212. The lowest BCUT2D eigenvalue weighted by atomic mass is 9.94. The molecule has 86 heavy (non-hydrogen) atoms. The summed E-state index contributed by atoms with van der Waals surface area (Å²) >= 11 is 0. The van der Waals surface area contributed by atoms with Gasteiger partial charge in [-0.2, -0.15) is 9.18 Å². The summed E-state index contributed by atoms with van der Waals surface area (Å²) in [5.41, 5.74) is -0.740. The molecular weight excluding hydrogens is 1150 g/mol. The number of epoxide rings is 1. The van der Waals surface area contributed by atoms with Crippen molar-refractivity contribution in [1.82, 2.24) is 5.06 Å². The number of aliphatic imine (C=N–C) groups is 2. The van der Waals surface area contributed by atoms with Crippen LogP contribution in [-0.2, 0) is 62.4 Å². The van der Waals surface area contributed by atoms with Crippen LogP contribution in [0.3, 0.4) is 0 Å². The number of sulfone groups is 1. The zero-order chi connectivity index (χ0) is 69.1. The van der Waals surface area contributed by atoms with Crippen molar-refractivity contribution in [3.8, 4) is 5.75 Å². The van der Waals surface area contributed by atoms with Gasteiger partial charge < -0.3 is 28.6 Å². The highest BCUT2D eigenvalue weighted by Gasteiger charge is 2.34. The maximum atomic E-state index is 13.4. The Morgan fingerprint density at radius 1 is 0.767 bits per heavy atom. The number of diazo groups is 1. The van der Waals surface area contributed by atoms with Crippen LogP contribution in [0.2, 0.25) is 0 Å². The second kappa shape index (κ2) is 49.4. The fourth-order valence-corrected chi connectivity index (χ4v) is 4.65. The second-order valence-electron chi connectivity index (χ2n) is 22.4. The molecule has 3 heterocycles. The third-order valence-corrected chi connectivity index (χ3v) is 11.7. The van der Waals surface area contributed by atoms with Crippen molar-refractivity contribution in [3.05, 3.63) is 59.3 Å². The van der Waals surface area contributed by atoms with Gasteiger partial charge in [-0.05, 0) is 111 Å². The molecule has 0 radical (unpaired) electrons. The van der Waals surface area contributed by atoms with Gasteiger partial charge in [0.15, 0.2) is 23.3 Å².